The number of unbranched alkanes of at least 4 members (excludes halogenated alkanes) is 6. The molecule has 0 rings (SSSR count). The van der Waals surface area contributed by atoms with E-state index in [4.69, 9.17) is 0 Å². The molecule has 0 aliphatic rings. The second-order valence-electron chi connectivity index (χ2n) is 3.59. The van der Waals surface area contributed by atoms with Crippen LogP contribution in [0.25, 0.3) is 0 Å². The van der Waals surface area contributed by atoms with Crippen LogP contribution in [0.1, 0.15) is 58.3 Å². The lowest BCUT2D eigenvalue weighted by Crippen LogP contribution is -2.15. The van der Waals surface area contributed by atoms with E-state index in [1.807, 2.05) is 0 Å². The van der Waals surface area contributed by atoms with Crippen molar-refractivity contribution in [2.75, 3.05) is 0 Å². The Balaban J connectivity index is 3.13. The zero-order valence-corrected chi connectivity index (χ0v) is 8.70. The highest BCUT2D eigenvalue weighted by Gasteiger charge is 2.30. The molecule has 4 heteroatoms. The molecule has 0 saturated heterocycles. The quantitative estimate of drug-likeness (QED) is 0.507. The van der Waals surface area contributed by atoms with Crippen molar-refractivity contribution in [2.24, 2.45) is 0 Å². The molecule has 0 spiro atoms. The van der Waals surface area contributed by atoms with Gasteiger partial charge in [-0.15, -0.1) is 4.94 Å². The minimum absolute atomic E-state index is 0.322. The molecule has 1 nitrogen and oxygen atoms in total. The maximum absolute atomic E-state index is 12.2. The van der Waals surface area contributed by atoms with E-state index in [1.165, 1.54) is 12.8 Å². The van der Waals surface area contributed by atoms with Gasteiger partial charge < -0.3 is 0 Å². The lowest BCUT2D eigenvalue weighted by molar-refractivity contribution is -0.356. The molecule has 0 aromatic carbocycles. The summed E-state index contributed by atoms with van der Waals surface area (Å²) in [5.74, 6) is 0. The third kappa shape index (κ3) is 8.35. The van der Waals surface area contributed by atoms with Crippen molar-refractivity contribution in [2.45, 2.75) is 64.4 Å². The highest BCUT2D eigenvalue weighted by molar-refractivity contribution is 4.52. The number of hydrogen-bond donors (Lipinski definition) is 0. The van der Waals surface area contributed by atoms with E-state index in [9.17, 15) is 13.3 Å². The summed E-state index contributed by atoms with van der Waals surface area (Å²) in [6.07, 6.45) is 2.51. The largest absolute Gasteiger partial charge is 0.386 e. The Morgan fingerprint density at radius 2 is 1.43 bits per heavy atom. The molecule has 0 aromatic rings. The molecule has 0 heterocycles. The predicted octanol–water partition coefficient (Wildman–Crippen LogP) is 4.62. The van der Waals surface area contributed by atoms with Gasteiger partial charge in [0.1, 0.15) is 0 Å². The van der Waals surface area contributed by atoms with Crippen LogP contribution in [-0.4, -0.2) is 6.11 Å². The van der Waals surface area contributed by atoms with Gasteiger partial charge in [0, 0.05) is 6.42 Å². The molecule has 0 unspecified atom stereocenters. The molecule has 0 aliphatic carbocycles. The topological polar surface area (TPSA) is 9.23 Å². The van der Waals surface area contributed by atoms with Crippen LogP contribution in [0.4, 0.5) is 13.3 Å². The van der Waals surface area contributed by atoms with Crippen molar-refractivity contribution in [1.82, 2.24) is 0 Å². The van der Waals surface area contributed by atoms with Crippen LogP contribution in [-0.2, 0) is 4.94 Å². The molecule has 0 amide bonds. The standard InChI is InChI=1S/C10H19F3O/c1-2-3-4-5-6-7-8-9-10(11,12)14-13/h2-9H2,1H3. The Morgan fingerprint density at radius 3 is 1.93 bits per heavy atom. The summed E-state index contributed by atoms with van der Waals surface area (Å²) in [5.41, 5.74) is 0. The Hall–Kier alpha value is -0.250. The third-order valence-electron chi connectivity index (χ3n) is 2.18. The molecule has 86 valence electrons. The van der Waals surface area contributed by atoms with Crippen LogP contribution in [0.15, 0.2) is 0 Å². The lowest BCUT2D eigenvalue weighted by Gasteiger charge is -2.09. The van der Waals surface area contributed by atoms with Crippen molar-refractivity contribution in [1.29, 1.82) is 0 Å². The van der Waals surface area contributed by atoms with E-state index in [0.717, 1.165) is 25.7 Å². The smallest absolute Gasteiger partial charge is 0.173 e. The second-order valence-corrected chi connectivity index (χ2v) is 3.59. The summed E-state index contributed by atoms with van der Waals surface area (Å²) in [6, 6.07) is 0. The van der Waals surface area contributed by atoms with Crippen molar-refractivity contribution >= 4 is 0 Å². The van der Waals surface area contributed by atoms with Crippen molar-refractivity contribution in [3.8, 4) is 0 Å². The van der Waals surface area contributed by atoms with Gasteiger partial charge >= 0.3 is 6.11 Å². The van der Waals surface area contributed by atoms with E-state index >= 15 is 0 Å². The number of halogens is 3. The summed E-state index contributed by atoms with van der Waals surface area (Å²) >= 11 is 0. The molecule has 0 saturated carbocycles. The molecule has 0 bridgehead atoms. The van der Waals surface area contributed by atoms with Crippen molar-refractivity contribution in [3.05, 3.63) is 0 Å². The second kappa shape index (κ2) is 8.09. The average Bonchev–Trinajstić information content (AvgIpc) is 2.16. The van der Waals surface area contributed by atoms with Crippen LogP contribution in [0.2, 0.25) is 0 Å². The lowest BCUT2D eigenvalue weighted by atomic mass is 10.1. The zero-order chi connectivity index (χ0) is 10.9. The summed E-state index contributed by atoms with van der Waals surface area (Å²) in [6.45, 7) is 2.12. The first-order valence-electron chi connectivity index (χ1n) is 5.30. The van der Waals surface area contributed by atoms with Gasteiger partial charge in [-0.1, -0.05) is 45.4 Å². The van der Waals surface area contributed by atoms with Gasteiger partial charge in [0.05, 0.1) is 0 Å². The fourth-order valence-corrected chi connectivity index (χ4v) is 1.33. The summed E-state index contributed by atoms with van der Waals surface area (Å²) < 4.78 is 35.6. The maximum Gasteiger partial charge on any atom is 0.386 e. The fraction of sp³-hybridized carbons (Fsp3) is 1.00. The van der Waals surface area contributed by atoms with E-state index in [2.05, 4.69) is 11.9 Å². The van der Waals surface area contributed by atoms with Gasteiger partial charge in [-0.3, -0.25) is 0 Å². The Labute approximate surface area is 83.5 Å². The van der Waals surface area contributed by atoms with Gasteiger partial charge in [-0.05, 0) is 10.9 Å². The summed E-state index contributed by atoms with van der Waals surface area (Å²) in [7, 11) is 0. The summed E-state index contributed by atoms with van der Waals surface area (Å²) in [4.78, 5) is 2.55. The minimum Gasteiger partial charge on any atom is -0.173 e. The minimum atomic E-state index is -3.58. The van der Waals surface area contributed by atoms with Gasteiger partial charge in [0.2, 0.25) is 0 Å². The first-order chi connectivity index (χ1) is 6.62. The van der Waals surface area contributed by atoms with E-state index < -0.39 is 12.5 Å². The van der Waals surface area contributed by atoms with Gasteiger partial charge in [-0.2, -0.15) is 8.78 Å². The first kappa shape index (κ1) is 13.8. The van der Waals surface area contributed by atoms with Crippen LogP contribution in [0.5, 0.6) is 0 Å². The molecule has 0 atom stereocenters. The molecular formula is C10H19F3O. The monoisotopic (exact) mass is 212 g/mol. The first-order valence-corrected chi connectivity index (χ1v) is 5.30. The van der Waals surface area contributed by atoms with Crippen molar-refractivity contribution in [3.63, 3.8) is 0 Å². The average molecular weight is 212 g/mol. The predicted molar refractivity (Wildman–Crippen MR) is 49.8 cm³/mol. The SMILES string of the molecule is CCCCCCCCCC(F)(F)OF. The summed E-state index contributed by atoms with van der Waals surface area (Å²) in [5, 5.41) is 0. The Kier molecular flexibility index (Phi) is 7.95. The maximum atomic E-state index is 12.2. The Morgan fingerprint density at radius 1 is 0.929 bits per heavy atom. The van der Waals surface area contributed by atoms with Gasteiger partial charge in [0.15, 0.2) is 0 Å². The van der Waals surface area contributed by atoms with E-state index in [1.54, 1.807) is 0 Å². The molecule has 0 radical (unpaired) electrons. The third-order valence-corrected chi connectivity index (χ3v) is 2.18. The number of alkyl halides is 2. The van der Waals surface area contributed by atoms with Crippen LogP contribution in [0.3, 0.4) is 0 Å². The highest BCUT2D eigenvalue weighted by atomic mass is 19.4. The van der Waals surface area contributed by atoms with Crippen LogP contribution in [0, 0.1) is 0 Å². The van der Waals surface area contributed by atoms with Gasteiger partial charge in [-0.25, -0.2) is 0 Å². The fourth-order valence-electron chi connectivity index (χ4n) is 1.33. The van der Waals surface area contributed by atoms with E-state index in [0.29, 0.717) is 6.42 Å². The Bertz CT molecular complexity index is 129. The molecular weight excluding hydrogens is 193 g/mol. The molecule has 0 N–H and O–H groups in total. The van der Waals surface area contributed by atoms with Gasteiger partial charge in [0.25, 0.3) is 0 Å². The highest BCUT2D eigenvalue weighted by Crippen LogP contribution is 2.23. The number of hydrogen-bond acceptors (Lipinski definition) is 1. The van der Waals surface area contributed by atoms with Crippen LogP contribution >= 0.6 is 0 Å². The van der Waals surface area contributed by atoms with E-state index in [-0.39, 0.29) is 0 Å². The van der Waals surface area contributed by atoms with Crippen LogP contribution < -0.4 is 0 Å². The zero-order valence-electron chi connectivity index (χ0n) is 8.70. The molecule has 14 heavy (non-hydrogen) atoms. The molecule has 0 fully saturated rings. The normalized spacial score (nSPS) is 12.0. The molecule has 0 aliphatic heterocycles. The number of rotatable bonds is 9. The molecule has 0 aromatic heterocycles. The van der Waals surface area contributed by atoms with Crippen molar-refractivity contribution < 1.29 is 18.2 Å².